The number of nitrogens with one attached hydrogen (secondary N) is 1. The molecule has 1 fully saturated rings. The number of urea groups is 1. The van der Waals surface area contributed by atoms with Gasteiger partial charge in [-0.1, -0.05) is 17.3 Å². The number of hydrazone groups is 1. The van der Waals surface area contributed by atoms with Crippen LogP contribution in [-0.4, -0.2) is 54.2 Å². The Bertz CT molecular complexity index is 1340. The molecule has 3 amide bonds. The molecule has 30 heavy (non-hydrogen) atoms. The number of nitrogens with zero attached hydrogens (tertiary/aromatic N) is 7. The molecule has 3 aromatic heterocycles. The fourth-order valence-corrected chi connectivity index (χ4v) is 3.30. The van der Waals surface area contributed by atoms with Crippen LogP contribution >= 0.6 is 0 Å². The van der Waals surface area contributed by atoms with E-state index in [-0.39, 0.29) is 12.5 Å². The third-order valence-electron chi connectivity index (χ3n) is 4.77. The number of rotatable bonds is 4. The van der Waals surface area contributed by atoms with Crippen molar-refractivity contribution in [1.82, 2.24) is 35.3 Å². The molecular formula is C20H16N8O2. The smallest absolute Gasteiger partial charge is 0.275 e. The van der Waals surface area contributed by atoms with Crippen LogP contribution in [0.4, 0.5) is 4.79 Å². The highest BCUT2D eigenvalue weighted by molar-refractivity contribution is 6.04. The minimum absolute atomic E-state index is 0.102. The summed E-state index contributed by atoms with van der Waals surface area (Å²) in [7, 11) is 0. The number of aromatic nitrogens is 5. The van der Waals surface area contributed by atoms with Crippen LogP contribution in [0.2, 0.25) is 0 Å². The van der Waals surface area contributed by atoms with Crippen molar-refractivity contribution in [3.63, 3.8) is 0 Å². The highest BCUT2D eigenvalue weighted by atomic mass is 16.2. The second kappa shape index (κ2) is 6.99. The van der Waals surface area contributed by atoms with Crippen molar-refractivity contribution in [3.05, 3.63) is 59.9 Å². The summed E-state index contributed by atoms with van der Waals surface area (Å²) in [4.78, 5) is 32.0. The van der Waals surface area contributed by atoms with Gasteiger partial charge in [-0.15, -0.1) is 5.10 Å². The molecule has 10 nitrogen and oxygen atoms in total. The van der Waals surface area contributed by atoms with Gasteiger partial charge in [-0.2, -0.15) is 5.10 Å². The first-order chi connectivity index (χ1) is 14.6. The second-order valence-electron chi connectivity index (χ2n) is 6.91. The lowest BCUT2D eigenvalue weighted by Gasteiger charge is -2.08. The highest BCUT2D eigenvalue weighted by Gasteiger charge is 2.26. The molecule has 0 aliphatic carbocycles. The molecule has 4 aromatic rings. The zero-order chi connectivity index (χ0) is 20.7. The molecule has 5 rings (SSSR count). The van der Waals surface area contributed by atoms with Crippen LogP contribution < -0.4 is 5.32 Å². The van der Waals surface area contributed by atoms with Crippen LogP contribution in [0.15, 0.2) is 53.8 Å². The Balaban J connectivity index is 1.46. The SMILES string of the molecule is CC(=NN1CC(=O)NC1=O)c1ccc2nnn(Cc3ccc4ncccc4c3)c2n1. The van der Waals surface area contributed by atoms with E-state index in [0.717, 1.165) is 21.5 Å². The summed E-state index contributed by atoms with van der Waals surface area (Å²) < 4.78 is 1.72. The van der Waals surface area contributed by atoms with E-state index in [0.29, 0.717) is 29.1 Å². The van der Waals surface area contributed by atoms with Crippen LogP contribution in [-0.2, 0) is 11.3 Å². The number of carbonyl (C=O) groups is 2. The van der Waals surface area contributed by atoms with E-state index in [1.165, 1.54) is 0 Å². The largest absolute Gasteiger partial charge is 0.345 e. The Hall–Kier alpha value is -4.21. The zero-order valence-electron chi connectivity index (χ0n) is 16.0. The number of hydrogen-bond acceptors (Lipinski definition) is 7. The lowest BCUT2D eigenvalue weighted by atomic mass is 10.1. The normalized spacial score (nSPS) is 14.7. The molecule has 4 heterocycles. The lowest BCUT2D eigenvalue weighted by molar-refractivity contribution is -0.118. The maximum absolute atomic E-state index is 11.7. The first-order valence-corrected chi connectivity index (χ1v) is 9.28. The van der Waals surface area contributed by atoms with Crippen molar-refractivity contribution < 1.29 is 9.59 Å². The molecule has 0 saturated carbocycles. The Morgan fingerprint density at radius 1 is 1.17 bits per heavy atom. The Kier molecular flexibility index (Phi) is 4.16. The summed E-state index contributed by atoms with van der Waals surface area (Å²) in [6.07, 6.45) is 1.77. The number of fused-ring (bicyclic) bond motifs is 2. The molecule has 0 radical (unpaired) electrons. The van der Waals surface area contributed by atoms with Crippen LogP contribution in [0.1, 0.15) is 18.2 Å². The monoisotopic (exact) mass is 400 g/mol. The minimum atomic E-state index is -0.544. The van der Waals surface area contributed by atoms with Gasteiger partial charge in [-0.3, -0.25) is 15.1 Å². The van der Waals surface area contributed by atoms with Crippen molar-refractivity contribution in [2.45, 2.75) is 13.5 Å². The molecule has 0 spiro atoms. The molecule has 1 aliphatic rings. The quantitative estimate of drug-likeness (QED) is 0.411. The van der Waals surface area contributed by atoms with E-state index in [1.54, 1.807) is 29.9 Å². The van der Waals surface area contributed by atoms with Crippen molar-refractivity contribution in [2.24, 2.45) is 5.10 Å². The van der Waals surface area contributed by atoms with Crippen LogP contribution in [0.3, 0.4) is 0 Å². The number of carbonyl (C=O) groups excluding carboxylic acids is 2. The van der Waals surface area contributed by atoms with Crippen molar-refractivity contribution in [3.8, 4) is 0 Å². The number of benzene rings is 1. The summed E-state index contributed by atoms with van der Waals surface area (Å²) >= 11 is 0. The Morgan fingerprint density at radius 3 is 2.87 bits per heavy atom. The molecule has 1 N–H and O–H groups in total. The number of hydrogen-bond donors (Lipinski definition) is 1. The van der Waals surface area contributed by atoms with Crippen molar-refractivity contribution >= 4 is 39.7 Å². The molecule has 1 saturated heterocycles. The van der Waals surface area contributed by atoms with E-state index in [4.69, 9.17) is 0 Å². The van der Waals surface area contributed by atoms with Gasteiger partial charge in [0.25, 0.3) is 0 Å². The molecule has 1 aromatic carbocycles. The van der Waals surface area contributed by atoms with Gasteiger partial charge >= 0.3 is 6.03 Å². The highest BCUT2D eigenvalue weighted by Crippen LogP contribution is 2.17. The average Bonchev–Trinajstić information content (AvgIpc) is 3.29. The van der Waals surface area contributed by atoms with Gasteiger partial charge < -0.3 is 0 Å². The number of pyridine rings is 2. The predicted octanol–water partition coefficient (Wildman–Crippen LogP) is 1.70. The van der Waals surface area contributed by atoms with E-state index >= 15 is 0 Å². The van der Waals surface area contributed by atoms with Crippen LogP contribution in [0.25, 0.3) is 22.1 Å². The fourth-order valence-electron chi connectivity index (χ4n) is 3.30. The lowest BCUT2D eigenvalue weighted by Crippen LogP contribution is -2.25. The standard InChI is InChI=1S/C20H16N8O2/c1-12(25-28-11-18(29)23-20(28)30)15-6-7-17-19(22-15)27(26-24-17)10-13-4-5-16-14(9-13)3-2-8-21-16/h2-9H,10-11H2,1H3,(H,23,29,30). The average molecular weight is 400 g/mol. The third kappa shape index (κ3) is 3.24. The third-order valence-corrected chi connectivity index (χ3v) is 4.77. The van der Waals surface area contributed by atoms with Gasteiger partial charge in [0, 0.05) is 11.6 Å². The summed E-state index contributed by atoms with van der Waals surface area (Å²) in [5.41, 5.74) is 4.32. The first kappa shape index (κ1) is 17.9. The van der Waals surface area contributed by atoms with Crippen molar-refractivity contribution in [1.29, 1.82) is 0 Å². The fraction of sp³-hybridized carbons (Fsp3) is 0.150. The van der Waals surface area contributed by atoms with Gasteiger partial charge in [0.15, 0.2) is 5.65 Å². The van der Waals surface area contributed by atoms with Crippen LogP contribution in [0, 0.1) is 0 Å². The minimum Gasteiger partial charge on any atom is -0.275 e. The van der Waals surface area contributed by atoms with Gasteiger partial charge in [0.05, 0.1) is 23.5 Å². The summed E-state index contributed by atoms with van der Waals surface area (Å²) in [5, 5.41) is 16.9. The molecule has 0 atom stereocenters. The zero-order valence-corrected chi connectivity index (χ0v) is 16.0. The molecule has 0 bridgehead atoms. The summed E-state index contributed by atoms with van der Waals surface area (Å²) in [6.45, 7) is 2.13. The maximum atomic E-state index is 11.7. The van der Waals surface area contributed by atoms with E-state index in [2.05, 4.69) is 36.8 Å². The maximum Gasteiger partial charge on any atom is 0.345 e. The second-order valence-corrected chi connectivity index (χ2v) is 6.91. The van der Waals surface area contributed by atoms with E-state index in [1.807, 2.05) is 24.3 Å². The Morgan fingerprint density at radius 2 is 2.03 bits per heavy atom. The van der Waals surface area contributed by atoms with E-state index < -0.39 is 6.03 Å². The first-order valence-electron chi connectivity index (χ1n) is 9.28. The summed E-state index contributed by atoms with van der Waals surface area (Å²) in [5.74, 6) is -0.382. The van der Waals surface area contributed by atoms with Gasteiger partial charge in [-0.05, 0) is 42.8 Å². The number of imide groups is 1. The molecule has 148 valence electrons. The van der Waals surface area contributed by atoms with Crippen molar-refractivity contribution in [2.75, 3.05) is 6.54 Å². The topological polar surface area (TPSA) is 118 Å². The molecular weight excluding hydrogens is 384 g/mol. The molecule has 0 unspecified atom stereocenters. The Labute approximate surface area is 170 Å². The summed E-state index contributed by atoms with van der Waals surface area (Å²) in [6, 6.07) is 13.0. The predicted molar refractivity (Wildman–Crippen MR) is 109 cm³/mol. The number of amides is 3. The molecule has 1 aliphatic heterocycles. The van der Waals surface area contributed by atoms with Gasteiger partial charge in [-0.25, -0.2) is 19.5 Å². The van der Waals surface area contributed by atoms with Crippen LogP contribution in [0.5, 0.6) is 0 Å². The van der Waals surface area contributed by atoms with Gasteiger partial charge in [0.1, 0.15) is 12.1 Å². The van der Waals surface area contributed by atoms with Gasteiger partial charge in [0.2, 0.25) is 5.91 Å². The molecule has 10 heteroatoms. The van der Waals surface area contributed by atoms with E-state index in [9.17, 15) is 9.59 Å².